The molecule has 1 aromatic carbocycles. The van der Waals surface area contributed by atoms with Crippen molar-refractivity contribution in [3.05, 3.63) is 29.8 Å². The molecule has 0 bridgehead atoms. The van der Waals surface area contributed by atoms with Crippen LogP contribution in [0.3, 0.4) is 0 Å². The van der Waals surface area contributed by atoms with Crippen LogP contribution >= 0.6 is 0 Å². The quantitative estimate of drug-likeness (QED) is 0.896. The summed E-state index contributed by atoms with van der Waals surface area (Å²) in [6.07, 6.45) is 1.89. The van der Waals surface area contributed by atoms with Gasteiger partial charge in [0.25, 0.3) is 0 Å². The maximum atomic E-state index is 11.2. The average Bonchev–Trinajstić information content (AvgIpc) is 2.46. The molecule has 0 radical (unpaired) electrons. The molecule has 1 aliphatic heterocycles. The molecule has 2 amide bonds. The van der Waals surface area contributed by atoms with Gasteiger partial charge in [0.2, 0.25) is 0 Å². The molecular formula is C18H29N3O2. The van der Waals surface area contributed by atoms with E-state index in [9.17, 15) is 4.79 Å². The number of hydrogen-bond acceptors (Lipinski definition) is 3. The second-order valence-corrected chi connectivity index (χ2v) is 7.27. The van der Waals surface area contributed by atoms with E-state index in [4.69, 9.17) is 10.5 Å². The van der Waals surface area contributed by atoms with Gasteiger partial charge in [-0.25, -0.2) is 4.79 Å². The van der Waals surface area contributed by atoms with Gasteiger partial charge in [-0.2, -0.15) is 0 Å². The Morgan fingerprint density at radius 2 is 1.83 bits per heavy atom. The zero-order valence-corrected chi connectivity index (χ0v) is 14.6. The molecule has 0 aliphatic carbocycles. The van der Waals surface area contributed by atoms with E-state index in [-0.39, 0.29) is 17.7 Å². The minimum atomic E-state index is -0.314. The first-order valence-corrected chi connectivity index (χ1v) is 8.34. The number of nitrogens with one attached hydrogen (secondary N) is 1. The Bertz CT molecular complexity index is 514. The Kier molecular flexibility index (Phi) is 5.52. The number of amides is 2. The molecule has 1 aromatic rings. The number of urea groups is 1. The Balaban J connectivity index is 1.86. The predicted molar refractivity (Wildman–Crippen MR) is 92.6 cm³/mol. The van der Waals surface area contributed by atoms with Crippen LogP contribution in [0.15, 0.2) is 24.3 Å². The van der Waals surface area contributed by atoms with Gasteiger partial charge in [-0.05, 0) is 58.2 Å². The van der Waals surface area contributed by atoms with Gasteiger partial charge >= 0.3 is 6.03 Å². The van der Waals surface area contributed by atoms with Crippen LogP contribution in [-0.4, -0.2) is 35.7 Å². The van der Waals surface area contributed by atoms with Gasteiger partial charge in [0.05, 0.1) is 0 Å². The summed E-state index contributed by atoms with van der Waals surface area (Å²) < 4.78 is 5.85. The molecule has 3 N–H and O–H groups in total. The van der Waals surface area contributed by atoms with E-state index < -0.39 is 0 Å². The Morgan fingerprint density at radius 1 is 1.26 bits per heavy atom. The molecule has 2 rings (SSSR count). The zero-order chi connectivity index (χ0) is 17.0. The minimum Gasteiger partial charge on any atom is -0.488 e. The highest BCUT2D eigenvalue weighted by Gasteiger charge is 2.22. The normalized spacial score (nSPS) is 17.8. The summed E-state index contributed by atoms with van der Waals surface area (Å²) in [7, 11) is 0. The standard InChI is InChI=1S/C18H29N3O2/c1-13(20-15-9-11-21(12-10-15)17(19)22)14-5-7-16(8-6-14)23-18(2,3)4/h5-8,13,15,20H,9-12H2,1-4H3,(H2,19,22)/t13-/m0/s1. The summed E-state index contributed by atoms with van der Waals surface area (Å²) in [6.45, 7) is 9.77. The van der Waals surface area contributed by atoms with Crippen molar-refractivity contribution >= 4 is 6.03 Å². The lowest BCUT2D eigenvalue weighted by Crippen LogP contribution is -2.47. The third-order valence-electron chi connectivity index (χ3n) is 4.10. The van der Waals surface area contributed by atoms with Gasteiger partial charge in [-0.15, -0.1) is 0 Å². The van der Waals surface area contributed by atoms with Crippen LogP contribution < -0.4 is 15.8 Å². The number of primary amides is 1. The summed E-state index contributed by atoms with van der Waals surface area (Å²) in [6, 6.07) is 8.64. The van der Waals surface area contributed by atoms with Gasteiger partial charge in [-0.3, -0.25) is 0 Å². The van der Waals surface area contributed by atoms with Crippen molar-refractivity contribution in [2.45, 2.75) is 58.2 Å². The molecule has 1 saturated heterocycles. The Hall–Kier alpha value is -1.75. The first-order valence-electron chi connectivity index (χ1n) is 8.34. The fourth-order valence-corrected chi connectivity index (χ4v) is 2.89. The highest BCUT2D eigenvalue weighted by atomic mass is 16.5. The van der Waals surface area contributed by atoms with Crippen molar-refractivity contribution in [2.75, 3.05) is 13.1 Å². The van der Waals surface area contributed by atoms with Gasteiger partial charge in [0.15, 0.2) is 0 Å². The molecular weight excluding hydrogens is 290 g/mol. The number of nitrogens with two attached hydrogens (primary N) is 1. The van der Waals surface area contributed by atoms with Gasteiger partial charge < -0.3 is 20.7 Å². The van der Waals surface area contributed by atoms with Crippen LogP contribution in [-0.2, 0) is 0 Å². The molecule has 5 heteroatoms. The van der Waals surface area contributed by atoms with Gasteiger partial charge in [0, 0.05) is 25.2 Å². The van der Waals surface area contributed by atoms with Crippen LogP contribution in [0.1, 0.15) is 52.1 Å². The number of hydrogen-bond donors (Lipinski definition) is 2. The predicted octanol–water partition coefficient (Wildman–Crippen LogP) is 3.06. The number of carbonyl (C=O) groups is 1. The molecule has 1 aliphatic rings. The maximum absolute atomic E-state index is 11.2. The second kappa shape index (κ2) is 7.21. The molecule has 0 saturated carbocycles. The number of piperidine rings is 1. The summed E-state index contributed by atoms with van der Waals surface area (Å²) in [5.74, 6) is 0.892. The molecule has 5 nitrogen and oxygen atoms in total. The highest BCUT2D eigenvalue weighted by molar-refractivity contribution is 5.72. The SMILES string of the molecule is C[C@H](NC1CCN(C(N)=O)CC1)c1ccc(OC(C)(C)C)cc1. The minimum absolute atomic E-state index is 0.181. The molecule has 23 heavy (non-hydrogen) atoms. The summed E-state index contributed by atoms with van der Waals surface area (Å²) in [5, 5.41) is 3.64. The Morgan fingerprint density at radius 3 is 2.30 bits per heavy atom. The van der Waals surface area contributed by atoms with Crippen molar-refractivity contribution in [2.24, 2.45) is 5.73 Å². The van der Waals surface area contributed by atoms with Crippen molar-refractivity contribution in [3.8, 4) is 5.75 Å². The maximum Gasteiger partial charge on any atom is 0.314 e. The lowest BCUT2D eigenvalue weighted by atomic mass is 10.0. The average molecular weight is 319 g/mol. The second-order valence-electron chi connectivity index (χ2n) is 7.27. The van der Waals surface area contributed by atoms with E-state index in [2.05, 4.69) is 24.4 Å². The summed E-state index contributed by atoms with van der Waals surface area (Å²) in [5.41, 5.74) is 6.38. The summed E-state index contributed by atoms with van der Waals surface area (Å²) in [4.78, 5) is 12.9. The smallest absolute Gasteiger partial charge is 0.314 e. The van der Waals surface area contributed by atoms with Crippen molar-refractivity contribution in [1.29, 1.82) is 0 Å². The van der Waals surface area contributed by atoms with E-state index in [1.165, 1.54) is 5.56 Å². The molecule has 0 spiro atoms. The van der Waals surface area contributed by atoms with Gasteiger partial charge in [-0.1, -0.05) is 12.1 Å². The molecule has 1 heterocycles. The van der Waals surface area contributed by atoms with Crippen LogP contribution in [0.4, 0.5) is 4.79 Å². The molecule has 0 unspecified atom stereocenters. The van der Waals surface area contributed by atoms with Crippen LogP contribution in [0.25, 0.3) is 0 Å². The molecule has 1 atom stereocenters. The molecule has 0 aromatic heterocycles. The van der Waals surface area contributed by atoms with Crippen LogP contribution in [0.5, 0.6) is 5.75 Å². The highest BCUT2D eigenvalue weighted by Crippen LogP contribution is 2.22. The zero-order valence-electron chi connectivity index (χ0n) is 14.6. The number of carbonyl (C=O) groups excluding carboxylic acids is 1. The monoisotopic (exact) mass is 319 g/mol. The Labute approximate surface area is 139 Å². The van der Waals surface area contributed by atoms with Crippen molar-refractivity contribution < 1.29 is 9.53 Å². The van der Waals surface area contributed by atoms with E-state index in [0.29, 0.717) is 6.04 Å². The van der Waals surface area contributed by atoms with E-state index in [1.54, 1.807) is 4.90 Å². The van der Waals surface area contributed by atoms with Crippen LogP contribution in [0.2, 0.25) is 0 Å². The fraction of sp³-hybridized carbons (Fsp3) is 0.611. The topological polar surface area (TPSA) is 67.6 Å². The first kappa shape index (κ1) is 17.6. The van der Waals surface area contributed by atoms with E-state index in [1.807, 2.05) is 32.9 Å². The lowest BCUT2D eigenvalue weighted by Gasteiger charge is -2.33. The molecule has 1 fully saturated rings. The molecule has 128 valence electrons. The third kappa shape index (κ3) is 5.43. The lowest BCUT2D eigenvalue weighted by molar-refractivity contribution is 0.131. The van der Waals surface area contributed by atoms with E-state index >= 15 is 0 Å². The van der Waals surface area contributed by atoms with Crippen LogP contribution in [0, 0.1) is 0 Å². The number of benzene rings is 1. The number of rotatable bonds is 4. The number of nitrogens with zero attached hydrogens (tertiary/aromatic N) is 1. The first-order chi connectivity index (χ1) is 10.7. The van der Waals surface area contributed by atoms with Crippen molar-refractivity contribution in [3.63, 3.8) is 0 Å². The fourth-order valence-electron chi connectivity index (χ4n) is 2.89. The third-order valence-corrected chi connectivity index (χ3v) is 4.10. The largest absolute Gasteiger partial charge is 0.488 e. The summed E-state index contributed by atoms with van der Waals surface area (Å²) >= 11 is 0. The number of likely N-dealkylation sites (tertiary alicyclic amines) is 1. The number of ether oxygens (including phenoxy) is 1. The van der Waals surface area contributed by atoms with E-state index in [0.717, 1.165) is 31.7 Å². The van der Waals surface area contributed by atoms with Crippen molar-refractivity contribution in [1.82, 2.24) is 10.2 Å². The van der Waals surface area contributed by atoms with Gasteiger partial charge in [0.1, 0.15) is 11.4 Å².